The highest BCUT2D eigenvalue weighted by atomic mass is 15.1. The summed E-state index contributed by atoms with van der Waals surface area (Å²) in [5.74, 6) is 0. The van der Waals surface area contributed by atoms with Gasteiger partial charge in [0.25, 0.3) is 0 Å². The molecule has 6 rings (SSSR count). The minimum atomic E-state index is 1.05. The molecule has 6 aromatic carbocycles. The maximum absolute atomic E-state index is 3.54. The van der Waals surface area contributed by atoms with Crippen LogP contribution in [-0.2, 0) is 0 Å². The minimum Gasteiger partial charge on any atom is -0.355 e. The van der Waals surface area contributed by atoms with E-state index >= 15 is 0 Å². The molecule has 172 valence electrons. The number of hydrogen-bond donors (Lipinski definition) is 1. The van der Waals surface area contributed by atoms with Gasteiger partial charge in [0.05, 0.1) is 0 Å². The molecule has 0 aliphatic rings. The van der Waals surface area contributed by atoms with Crippen LogP contribution >= 0.6 is 0 Å². The zero-order chi connectivity index (χ0) is 24.2. The number of nitrogens with zero attached hydrogens (tertiary/aromatic N) is 1. The Morgan fingerprint density at radius 3 is 1.75 bits per heavy atom. The van der Waals surface area contributed by atoms with Crippen LogP contribution in [0.25, 0.3) is 21.9 Å². The van der Waals surface area contributed by atoms with Crippen LogP contribution in [0.4, 0.5) is 28.4 Å². The van der Waals surface area contributed by atoms with E-state index in [4.69, 9.17) is 0 Å². The third-order valence-electron chi connectivity index (χ3n) is 6.37. The number of benzene rings is 6. The van der Waals surface area contributed by atoms with Gasteiger partial charge < -0.3 is 10.2 Å². The molecule has 36 heavy (non-hydrogen) atoms. The Morgan fingerprint density at radius 1 is 0.361 bits per heavy atom. The molecule has 0 saturated carbocycles. The highest BCUT2D eigenvalue weighted by Gasteiger charge is 2.14. The summed E-state index contributed by atoms with van der Waals surface area (Å²) in [5, 5.41) is 6.00. The van der Waals surface area contributed by atoms with Gasteiger partial charge in [-0.3, -0.25) is 0 Å². The number of fused-ring (bicyclic) bond motifs is 1. The Hall–Kier alpha value is -4.82. The van der Waals surface area contributed by atoms with Gasteiger partial charge in [-0.1, -0.05) is 97.1 Å². The van der Waals surface area contributed by atoms with Crippen molar-refractivity contribution in [2.45, 2.75) is 0 Å². The van der Waals surface area contributed by atoms with Gasteiger partial charge in [-0.2, -0.15) is 0 Å². The van der Waals surface area contributed by atoms with Gasteiger partial charge in [0.15, 0.2) is 0 Å². The third kappa shape index (κ3) is 4.57. The molecule has 0 atom stereocenters. The zero-order valence-corrected chi connectivity index (χ0v) is 19.9. The largest absolute Gasteiger partial charge is 0.355 e. The van der Waals surface area contributed by atoms with Crippen molar-refractivity contribution in [1.29, 1.82) is 0 Å². The number of para-hydroxylation sites is 1. The predicted octanol–water partition coefficient (Wildman–Crippen LogP) is 9.72. The van der Waals surface area contributed by atoms with Crippen molar-refractivity contribution in [3.05, 3.63) is 152 Å². The number of rotatable bonds is 6. The van der Waals surface area contributed by atoms with E-state index in [0.29, 0.717) is 0 Å². The first-order valence-electron chi connectivity index (χ1n) is 12.2. The van der Waals surface area contributed by atoms with Crippen molar-refractivity contribution in [2.75, 3.05) is 10.2 Å². The average Bonchev–Trinajstić information content (AvgIpc) is 2.95. The molecule has 0 saturated heterocycles. The Bertz CT molecular complexity index is 1610. The van der Waals surface area contributed by atoms with E-state index in [2.05, 4.69) is 144 Å². The second-order valence-electron chi connectivity index (χ2n) is 8.82. The lowest BCUT2D eigenvalue weighted by molar-refractivity contribution is 1.29. The van der Waals surface area contributed by atoms with Crippen molar-refractivity contribution in [2.24, 2.45) is 0 Å². The summed E-state index contributed by atoms with van der Waals surface area (Å²) in [7, 11) is 0. The van der Waals surface area contributed by atoms with Gasteiger partial charge in [0, 0.05) is 28.4 Å². The van der Waals surface area contributed by atoms with Gasteiger partial charge in [-0.25, -0.2) is 0 Å². The van der Waals surface area contributed by atoms with E-state index in [1.54, 1.807) is 0 Å². The molecule has 1 N–H and O–H groups in total. The molecule has 0 unspecified atom stereocenters. The van der Waals surface area contributed by atoms with Gasteiger partial charge in [-0.05, 0) is 76.5 Å². The van der Waals surface area contributed by atoms with E-state index in [0.717, 1.165) is 28.4 Å². The normalized spacial score (nSPS) is 10.8. The molecule has 0 aliphatic heterocycles. The molecule has 0 amide bonds. The molecule has 0 aromatic heterocycles. The van der Waals surface area contributed by atoms with Crippen LogP contribution in [0.3, 0.4) is 0 Å². The van der Waals surface area contributed by atoms with Gasteiger partial charge in [-0.15, -0.1) is 0 Å². The summed E-state index contributed by atoms with van der Waals surface area (Å²) < 4.78 is 0. The van der Waals surface area contributed by atoms with Crippen LogP contribution < -0.4 is 10.2 Å². The third-order valence-corrected chi connectivity index (χ3v) is 6.37. The Kier molecular flexibility index (Phi) is 5.91. The molecule has 2 heteroatoms. The van der Waals surface area contributed by atoms with E-state index in [-0.39, 0.29) is 0 Å². The summed E-state index contributed by atoms with van der Waals surface area (Å²) in [5.41, 5.74) is 7.84. The number of anilines is 5. The summed E-state index contributed by atoms with van der Waals surface area (Å²) >= 11 is 0. The smallest absolute Gasteiger partial charge is 0.0482 e. The topological polar surface area (TPSA) is 15.3 Å². The van der Waals surface area contributed by atoms with Gasteiger partial charge in [0.1, 0.15) is 0 Å². The highest BCUT2D eigenvalue weighted by molar-refractivity contribution is 5.90. The predicted molar refractivity (Wildman–Crippen MR) is 154 cm³/mol. The van der Waals surface area contributed by atoms with E-state index in [9.17, 15) is 0 Å². The first-order valence-corrected chi connectivity index (χ1v) is 12.2. The molecule has 0 fully saturated rings. The average molecular weight is 463 g/mol. The quantitative estimate of drug-likeness (QED) is 0.265. The number of nitrogens with one attached hydrogen (secondary N) is 1. The molecule has 0 aliphatic carbocycles. The Labute approximate surface area is 212 Å². The maximum Gasteiger partial charge on any atom is 0.0482 e. The summed E-state index contributed by atoms with van der Waals surface area (Å²) in [4.78, 5) is 2.33. The Morgan fingerprint density at radius 2 is 0.944 bits per heavy atom. The van der Waals surface area contributed by atoms with Crippen molar-refractivity contribution >= 4 is 39.2 Å². The van der Waals surface area contributed by atoms with Crippen LogP contribution in [0.2, 0.25) is 0 Å². The fourth-order valence-corrected chi connectivity index (χ4v) is 4.63. The molecule has 0 spiro atoms. The Balaban J connectivity index is 1.47. The molecule has 0 bridgehead atoms. The molecular weight excluding hydrogens is 436 g/mol. The van der Waals surface area contributed by atoms with Gasteiger partial charge in [0.2, 0.25) is 0 Å². The summed E-state index contributed by atoms with van der Waals surface area (Å²) in [6.45, 7) is 0. The minimum absolute atomic E-state index is 1.05. The second-order valence-corrected chi connectivity index (χ2v) is 8.82. The van der Waals surface area contributed by atoms with Crippen LogP contribution in [0.1, 0.15) is 0 Å². The zero-order valence-electron chi connectivity index (χ0n) is 19.9. The molecule has 2 nitrogen and oxygen atoms in total. The fraction of sp³-hybridized carbons (Fsp3) is 0. The van der Waals surface area contributed by atoms with Gasteiger partial charge >= 0.3 is 0 Å². The van der Waals surface area contributed by atoms with Crippen LogP contribution in [0, 0.1) is 0 Å². The van der Waals surface area contributed by atoms with E-state index in [1.165, 1.54) is 21.9 Å². The first-order chi connectivity index (χ1) is 17.8. The highest BCUT2D eigenvalue weighted by Crippen LogP contribution is 2.38. The monoisotopic (exact) mass is 462 g/mol. The molecule has 0 radical (unpaired) electrons. The van der Waals surface area contributed by atoms with Crippen LogP contribution in [-0.4, -0.2) is 0 Å². The first kappa shape index (κ1) is 21.7. The summed E-state index contributed by atoms with van der Waals surface area (Å²) in [6, 6.07) is 53.3. The SMILES string of the molecule is c1ccc(Nc2cccc(N(c3cccc(-c4ccccc4)c3)c3ccc4ccccc4c3)c2)cc1. The molecular formula is C34H26N2. The lowest BCUT2D eigenvalue weighted by Gasteiger charge is -2.27. The van der Waals surface area contributed by atoms with Crippen molar-refractivity contribution < 1.29 is 0 Å². The summed E-state index contributed by atoms with van der Waals surface area (Å²) in [6.07, 6.45) is 0. The molecule has 0 heterocycles. The van der Waals surface area contributed by atoms with Crippen molar-refractivity contribution in [1.82, 2.24) is 0 Å². The number of hydrogen-bond acceptors (Lipinski definition) is 2. The lowest BCUT2D eigenvalue weighted by Crippen LogP contribution is -2.10. The van der Waals surface area contributed by atoms with E-state index in [1.807, 2.05) is 18.2 Å². The second kappa shape index (κ2) is 9.81. The lowest BCUT2D eigenvalue weighted by atomic mass is 10.0. The van der Waals surface area contributed by atoms with Crippen LogP contribution in [0.5, 0.6) is 0 Å². The van der Waals surface area contributed by atoms with Crippen molar-refractivity contribution in [3.63, 3.8) is 0 Å². The standard InChI is InChI=1S/C34H26N2/c1-3-11-26(12-4-1)29-15-9-19-32(23-29)36(34-22-21-27-13-7-8-14-28(27)24-34)33-20-10-18-31(25-33)35-30-16-5-2-6-17-30/h1-25,35H. The molecule has 6 aromatic rings. The fourth-order valence-electron chi connectivity index (χ4n) is 4.63. The van der Waals surface area contributed by atoms with E-state index < -0.39 is 0 Å². The van der Waals surface area contributed by atoms with Crippen molar-refractivity contribution in [3.8, 4) is 11.1 Å². The maximum atomic E-state index is 3.54. The van der Waals surface area contributed by atoms with Crippen LogP contribution in [0.15, 0.2) is 152 Å².